The van der Waals surface area contributed by atoms with Crippen LogP contribution in [0.15, 0.2) is 24.3 Å². The molecule has 0 spiro atoms. The Morgan fingerprint density at radius 1 is 1.12 bits per heavy atom. The van der Waals surface area contributed by atoms with E-state index in [1.54, 1.807) is 31.3 Å². The Hall–Kier alpha value is -2.57. The van der Waals surface area contributed by atoms with Gasteiger partial charge in [0.25, 0.3) is 11.8 Å². The zero-order chi connectivity index (χ0) is 18.7. The van der Waals surface area contributed by atoms with E-state index in [-0.39, 0.29) is 19.1 Å². The fourth-order valence-electron chi connectivity index (χ4n) is 1.95. The Morgan fingerprint density at radius 3 is 2.40 bits per heavy atom. The van der Waals surface area contributed by atoms with Crippen molar-refractivity contribution in [3.05, 3.63) is 29.8 Å². The number of carbonyl (C=O) groups excluding carboxylic acids is 3. The molecule has 7 nitrogen and oxygen atoms in total. The molecule has 25 heavy (non-hydrogen) atoms. The Kier molecular flexibility index (Phi) is 9.06. The standard InChI is InChI=1S/C18H26N2O5/c1-4-6-11-20(3)16(21)13-25-17(22)12-19-18(23)14-7-9-15(10-8-14)24-5-2/h7-10H,4-6,11-13H2,1-3H3,(H,19,23). The van der Waals surface area contributed by atoms with E-state index < -0.39 is 11.9 Å². The molecule has 0 saturated heterocycles. The van der Waals surface area contributed by atoms with E-state index in [2.05, 4.69) is 5.32 Å². The second-order valence-electron chi connectivity index (χ2n) is 5.47. The molecule has 0 unspecified atom stereocenters. The van der Waals surface area contributed by atoms with Crippen molar-refractivity contribution >= 4 is 17.8 Å². The van der Waals surface area contributed by atoms with E-state index in [4.69, 9.17) is 9.47 Å². The van der Waals surface area contributed by atoms with Crippen molar-refractivity contribution in [3.63, 3.8) is 0 Å². The maximum Gasteiger partial charge on any atom is 0.325 e. The summed E-state index contributed by atoms with van der Waals surface area (Å²) >= 11 is 0. The van der Waals surface area contributed by atoms with Gasteiger partial charge in [0.2, 0.25) is 0 Å². The predicted molar refractivity (Wildman–Crippen MR) is 93.4 cm³/mol. The van der Waals surface area contributed by atoms with Gasteiger partial charge in [-0.3, -0.25) is 14.4 Å². The second-order valence-corrected chi connectivity index (χ2v) is 5.47. The first kappa shape index (κ1) is 20.5. The quantitative estimate of drug-likeness (QED) is 0.648. The Morgan fingerprint density at radius 2 is 1.80 bits per heavy atom. The molecule has 1 aromatic rings. The smallest absolute Gasteiger partial charge is 0.325 e. The van der Waals surface area contributed by atoms with Crippen LogP contribution < -0.4 is 10.1 Å². The summed E-state index contributed by atoms with van der Waals surface area (Å²) in [6, 6.07) is 6.58. The summed E-state index contributed by atoms with van der Waals surface area (Å²) in [5.74, 6) is -0.647. The zero-order valence-electron chi connectivity index (χ0n) is 15.0. The third-order valence-corrected chi connectivity index (χ3v) is 3.45. The highest BCUT2D eigenvalue weighted by atomic mass is 16.5. The molecule has 0 bridgehead atoms. The van der Waals surface area contributed by atoms with Gasteiger partial charge in [-0.15, -0.1) is 0 Å². The fraction of sp³-hybridized carbons (Fsp3) is 0.500. The van der Waals surface area contributed by atoms with Crippen LogP contribution in [0.2, 0.25) is 0 Å². The van der Waals surface area contributed by atoms with Crippen LogP contribution in [-0.4, -0.2) is 56.0 Å². The predicted octanol–water partition coefficient (Wildman–Crippen LogP) is 1.62. The van der Waals surface area contributed by atoms with Crippen molar-refractivity contribution in [2.45, 2.75) is 26.7 Å². The first-order valence-electron chi connectivity index (χ1n) is 8.38. The largest absolute Gasteiger partial charge is 0.494 e. The third-order valence-electron chi connectivity index (χ3n) is 3.45. The summed E-state index contributed by atoms with van der Waals surface area (Å²) in [5.41, 5.74) is 0.409. The summed E-state index contributed by atoms with van der Waals surface area (Å²) in [5, 5.41) is 2.46. The van der Waals surface area contributed by atoms with Gasteiger partial charge in [0.15, 0.2) is 6.61 Å². The van der Waals surface area contributed by atoms with E-state index in [1.807, 2.05) is 13.8 Å². The zero-order valence-corrected chi connectivity index (χ0v) is 15.0. The summed E-state index contributed by atoms with van der Waals surface area (Å²) in [6.07, 6.45) is 1.88. The number of benzene rings is 1. The SMILES string of the molecule is CCCCN(C)C(=O)COC(=O)CNC(=O)c1ccc(OCC)cc1. The number of nitrogens with zero attached hydrogens (tertiary/aromatic N) is 1. The molecule has 0 aliphatic carbocycles. The summed E-state index contributed by atoms with van der Waals surface area (Å²) < 4.78 is 10.2. The molecule has 0 aliphatic heterocycles. The number of likely N-dealkylation sites (N-methyl/N-ethyl adjacent to an activating group) is 1. The molecule has 7 heteroatoms. The lowest BCUT2D eigenvalue weighted by atomic mass is 10.2. The number of nitrogens with one attached hydrogen (secondary N) is 1. The van der Waals surface area contributed by atoms with E-state index in [0.717, 1.165) is 12.8 Å². The molecule has 2 amide bonds. The molecule has 138 valence electrons. The maximum absolute atomic E-state index is 11.9. The van der Waals surface area contributed by atoms with Crippen molar-refractivity contribution < 1.29 is 23.9 Å². The molecule has 0 saturated carbocycles. The van der Waals surface area contributed by atoms with Crippen LogP contribution in [0.25, 0.3) is 0 Å². The number of unbranched alkanes of at least 4 members (excludes halogenated alkanes) is 1. The van der Waals surface area contributed by atoms with Crippen LogP contribution in [0.1, 0.15) is 37.0 Å². The van der Waals surface area contributed by atoms with E-state index >= 15 is 0 Å². The van der Waals surface area contributed by atoms with Gasteiger partial charge in [-0.05, 0) is 37.6 Å². The lowest BCUT2D eigenvalue weighted by Crippen LogP contribution is -2.35. The number of ether oxygens (including phenoxy) is 2. The minimum absolute atomic E-state index is 0.264. The Balaban J connectivity index is 2.33. The Labute approximate surface area is 148 Å². The van der Waals surface area contributed by atoms with Gasteiger partial charge in [-0.25, -0.2) is 0 Å². The monoisotopic (exact) mass is 350 g/mol. The molecule has 0 aliphatic rings. The number of amides is 2. The van der Waals surface area contributed by atoms with Gasteiger partial charge in [0, 0.05) is 19.2 Å². The van der Waals surface area contributed by atoms with Gasteiger partial charge >= 0.3 is 5.97 Å². The van der Waals surface area contributed by atoms with Crippen molar-refractivity contribution in [1.29, 1.82) is 0 Å². The summed E-state index contributed by atoms with van der Waals surface area (Å²) in [6.45, 7) is 4.46. The highest BCUT2D eigenvalue weighted by Crippen LogP contribution is 2.11. The fourth-order valence-corrected chi connectivity index (χ4v) is 1.95. The molecule has 0 heterocycles. The molecule has 1 N–H and O–H groups in total. The molecule has 0 atom stereocenters. The van der Waals surface area contributed by atoms with Gasteiger partial charge in [-0.1, -0.05) is 13.3 Å². The normalized spacial score (nSPS) is 10.0. The van der Waals surface area contributed by atoms with Gasteiger partial charge in [-0.2, -0.15) is 0 Å². The molecule has 0 fully saturated rings. The van der Waals surface area contributed by atoms with Crippen LogP contribution in [-0.2, 0) is 14.3 Å². The summed E-state index contributed by atoms with van der Waals surface area (Å²) in [7, 11) is 1.67. The van der Waals surface area contributed by atoms with Crippen molar-refractivity contribution in [2.24, 2.45) is 0 Å². The minimum atomic E-state index is -0.656. The summed E-state index contributed by atoms with van der Waals surface area (Å²) in [4.78, 5) is 36.9. The van der Waals surface area contributed by atoms with E-state index in [9.17, 15) is 14.4 Å². The van der Waals surface area contributed by atoms with E-state index in [0.29, 0.717) is 24.5 Å². The van der Waals surface area contributed by atoms with Crippen LogP contribution >= 0.6 is 0 Å². The maximum atomic E-state index is 11.9. The molecule has 1 aromatic carbocycles. The Bertz CT molecular complexity index is 571. The number of hydrogen-bond acceptors (Lipinski definition) is 5. The first-order chi connectivity index (χ1) is 12.0. The molecule has 0 aromatic heterocycles. The number of hydrogen-bond donors (Lipinski definition) is 1. The molecule has 1 rings (SSSR count). The highest BCUT2D eigenvalue weighted by molar-refractivity contribution is 5.96. The van der Waals surface area contributed by atoms with Crippen LogP contribution in [0.4, 0.5) is 0 Å². The minimum Gasteiger partial charge on any atom is -0.494 e. The topological polar surface area (TPSA) is 84.9 Å². The van der Waals surface area contributed by atoms with Crippen molar-refractivity contribution in [2.75, 3.05) is 33.4 Å². The van der Waals surface area contributed by atoms with Crippen molar-refractivity contribution in [1.82, 2.24) is 10.2 Å². The second kappa shape index (κ2) is 11.1. The molecule has 0 radical (unpaired) electrons. The number of rotatable bonds is 10. The first-order valence-corrected chi connectivity index (χ1v) is 8.38. The van der Waals surface area contributed by atoms with Crippen molar-refractivity contribution in [3.8, 4) is 5.75 Å². The average molecular weight is 350 g/mol. The highest BCUT2D eigenvalue weighted by Gasteiger charge is 2.13. The average Bonchev–Trinajstić information content (AvgIpc) is 2.62. The molecular weight excluding hydrogens is 324 g/mol. The number of esters is 1. The number of carbonyl (C=O) groups is 3. The lowest BCUT2D eigenvalue weighted by Gasteiger charge is -2.16. The molecular formula is C18H26N2O5. The van der Waals surface area contributed by atoms with Gasteiger partial charge in [0.1, 0.15) is 12.3 Å². The van der Waals surface area contributed by atoms with Crippen LogP contribution in [0.5, 0.6) is 5.75 Å². The third kappa shape index (κ3) is 7.69. The van der Waals surface area contributed by atoms with Gasteiger partial charge in [0.05, 0.1) is 6.61 Å². The van der Waals surface area contributed by atoms with Gasteiger partial charge < -0.3 is 19.7 Å². The van der Waals surface area contributed by atoms with Crippen LogP contribution in [0, 0.1) is 0 Å². The van der Waals surface area contributed by atoms with Crippen LogP contribution in [0.3, 0.4) is 0 Å². The lowest BCUT2D eigenvalue weighted by molar-refractivity contribution is -0.150. The van der Waals surface area contributed by atoms with E-state index in [1.165, 1.54) is 4.90 Å².